The summed E-state index contributed by atoms with van der Waals surface area (Å²) in [5.41, 5.74) is 6.33. The Balaban J connectivity index is 3.38. The highest BCUT2D eigenvalue weighted by Gasteiger charge is 2.17. The Labute approximate surface area is 76.4 Å². The molecule has 72 valence electrons. The first kappa shape index (κ1) is 9.97. The molecule has 1 aromatic carbocycles. The van der Waals surface area contributed by atoms with Gasteiger partial charge in [0.25, 0.3) is 0 Å². The number of anilines is 1. The molecule has 1 aromatic rings. The van der Waals surface area contributed by atoms with Crippen LogP contribution in [0.1, 0.15) is 5.56 Å². The van der Waals surface area contributed by atoms with Gasteiger partial charge in [0.2, 0.25) is 0 Å². The molecule has 6 heteroatoms. The van der Waals surface area contributed by atoms with E-state index in [1.54, 1.807) is 13.0 Å². The lowest BCUT2D eigenvalue weighted by atomic mass is 10.2. The molecule has 0 aliphatic heterocycles. The van der Waals surface area contributed by atoms with E-state index < -0.39 is 10.1 Å². The molecule has 0 fully saturated rings. The Morgan fingerprint density at radius 1 is 1.38 bits per heavy atom. The van der Waals surface area contributed by atoms with E-state index in [2.05, 4.69) is 10.2 Å². The minimum atomic E-state index is -3.90. The lowest BCUT2D eigenvalue weighted by Crippen LogP contribution is -2.13. The van der Waals surface area contributed by atoms with Gasteiger partial charge in [0, 0.05) is 0 Å². The third kappa shape index (κ3) is 1.97. The van der Waals surface area contributed by atoms with Crippen LogP contribution < -0.4 is 11.6 Å². The number of nitrogen functional groups attached to an aromatic ring is 1. The molecule has 0 atom stereocenters. The van der Waals surface area contributed by atoms with Gasteiger partial charge in [0.05, 0.1) is 5.69 Å². The van der Waals surface area contributed by atoms with E-state index in [9.17, 15) is 8.42 Å². The Kier molecular flexibility index (Phi) is 2.55. The summed E-state index contributed by atoms with van der Waals surface area (Å²) in [6.07, 6.45) is 0. The van der Waals surface area contributed by atoms with Gasteiger partial charge in [-0.05, 0) is 24.6 Å². The molecular weight excluding hydrogens is 192 g/mol. The molecule has 0 saturated heterocycles. The van der Waals surface area contributed by atoms with Crippen LogP contribution in [0.5, 0.6) is 0 Å². The molecule has 0 radical (unpaired) electrons. The lowest BCUT2D eigenvalue weighted by molar-refractivity contribution is 0.333. The van der Waals surface area contributed by atoms with Crippen molar-refractivity contribution in [3.63, 3.8) is 0 Å². The van der Waals surface area contributed by atoms with Crippen molar-refractivity contribution in [2.75, 3.05) is 5.73 Å². The van der Waals surface area contributed by atoms with E-state index in [-0.39, 0.29) is 10.6 Å². The fourth-order valence-corrected chi connectivity index (χ4v) is 1.70. The quantitative estimate of drug-likeness (QED) is 0.526. The second kappa shape index (κ2) is 3.33. The third-order valence-corrected chi connectivity index (χ3v) is 2.71. The molecule has 0 amide bonds. The summed E-state index contributed by atoms with van der Waals surface area (Å²) in [6, 6.07) is 4.59. The molecule has 0 spiro atoms. The van der Waals surface area contributed by atoms with Crippen LogP contribution in [0, 0.1) is 6.92 Å². The van der Waals surface area contributed by atoms with E-state index in [1.165, 1.54) is 12.1 Å². The smallest absolute Gasteiger partial charge is 0.314 e. The van der Waals surface area contributed by atoms with E-state index in [0.717, 1.165) is 5.56 Å². The minimum absolute atomic E-state index is 0.102. The Hall–Kier alpha value is -1.11. The highest BCUT2D eigenvalue weighted by Crippen LogP contribution is 2.20. The predicted octanol–water partition coefficient (Wildman–Crippen LogP) is 0.156. The van der Waals surface area contributed by atoms with Crippen LogP contribution in [0.2, 0.25) is 0 Å². The summed E-state index contributed by atoms with van der Waals surface area (Å²) in [5.74, 6) is 4.61. The maximum atomic E-state index is 11.1. The lowest BCUT2D eigenvalue weighted by Gasteiger charge is -2.04. The summed E-state index contributed by atoms with van der Waals surface area (Å²) in [6.45, 7) is 1.75. The van der Waals surface area contributed by atoms with Crippen molar-refractivity contribution in [3.8, 4) is 0 Å². The second-order valence-corrected chi connectivity index (χ2v) is 4.13. The predicted molar refractivity (Wildman–Crippen MR) is 48.0 cm³/mol. The van der Waals surface area contributed by atoms with Gasteiger partial charge in [-0.15, -0.1) is 0 Å². The van der Waals surface area contributed by atoms with E-state index in [1.807, 2.05) is 0 Å². The van der Waals surface area contributed by atoms with Crippen molar-refractivity contribution >= 4 is 15.8 Å². The van der Waals surface area contributed by atoms with E-state index in [4.69, 9.17) is 5.73 Å². The zero-order chi connectivity index (χ0) is 10.1. The Morgan fingerprint density at radius 2 is 2.00 bits per heavy atom. The van der Waals surface area contributed by atoms with Crippen molar-refractivity contribution in [3.05, 3.63) is 23.8 Å². The zero-order valence-corrected chi connectivity index (χ0v) is 7.84. The van der Waals surface area contributed by atoms with Crippen LogP contribution in [-0.4, -0.2) is 8.42 Å². The monoisotopic (exact) mass is 202 g/mol. The molecular formula is C7H10N2O3S. The van der Waals surface area contributed by atoms with Gasteiger partial charge in [-0.1, -0.05) is 6.07 Å². The van der Waals surface area contributed by atoms with Gasteiger partial charge in [0.1, 0.15) is 4.90 Å². The third-order valence-electron chi connectivity index (χ3n) is 1.57. The van der Waals surface area contributed by atoms with Crippen LogP contribution in [0.15, 0.2) is 23.1 Å². The standard InChI is InChI=1S/C7H10N2O3S/c1-5-2-3-6(8)7(4-5)13(10,11)12-9/h2-4H,8-9H2,1H3. The van der Waals surface area contributed by atoms with Crippen molar-refractivity contribution in [1.29, 1.82) is 0 Å². The van der Waals surface area contributed by atoms with Gasteiger partial charge in [0.15, 0.2) is 0 Å². The van der Waals surface area contributed by atoms with E-state index in [0.29, 0.717) is 0 Å². The Morgan fingerprint density at radius 3 is 2.54 bits per heavy atom. The van der Waals surface area contributed by atoms with Gasteiger partial charge in [-0.2, -0.15) is 18.6 Å². The molecule has 0 unspecified atom stereocenters. The summed E-state index contributed by atoms with van der Waals surface area (Å²) >= 11 is 0. The summed E-state index contributed by atoms with van der Waals surface area (Å²) in [7, 11) is -3.90. The van der Waals surface area contributed by atoms with E-state index >= 15 is 0 Å². The highest BCUT2D eigenvalue weighted by atomic mass is 32.2. The van der Waals surface area contributed by atoms with Gasteiger partial charge in [-0.25, -0.2) is 0 Å². The first-order valence-electron chi connectivity index (χ1n) is 3.47. The maximum absolute atomic E-state index is 11.1. The molecule has 13 heavy (non-hydrogen) atoms. The molecule has 0 aliphatic carbocycles. The first-order valence-corrected chi connectivity index (χ1v) is 4.87. The summed E-state index contributed by atoms with van der Waals surface area (Å²) in [4.78, 5) is -0.102. The van der Waals surface area contributed by atoms with Crippen LogP contribution in [0.25, 0.3) is 0 Å². The highest BCUT2D eigenvalue weighted by molar-refractivity contribution is 7.86. The molecule has 0 saturated carbocycles. The molecule has 0 aromatic heterocycles. The zero-order valence-electron chi connectivity index (χ0n) is 7.02. The van der Waals surface area contributed by atoms with Crippen LogP contribution in [0.3, 0.4) is 0 Å². The van der Waals surface area contributed by atoms with Crippen LogP contribution >= 0.6 is 0 Å². The van der Waals surface area contributed by atoms with Gasteiger partial charge in [-0.3, -0.25) is 0 Å². The van der Waals surface area contributed by atoms with Crippen molar-refractivity contribution < 1.29 is 12.7 Å². The average Bonchev–Trinajstić information content (AvgIpc) is 2.09. The second-order valence-electron chi connectivity index (χ2n) is 2.59. The van der Waals surface area contributed by atoms with Gasteiger partial charge < -0.3 is 5.73 Å². The maximum Gasteiger partial charge on any atom is 0.314 e. The first-order chi connectivity index (χ1) is 5.97. The number of rotatable bonds is 2. The molecule has 0 aliphatic rings. The average molecular weight is 202 g/mol. The van der Waals surface area contributed by atoms with Gasteiger partial charge >= 0.3 is 10.1 Å². The summed E-state index contributed by atoms with van der Waals surface area (Å²) < 4.78 is 26.1. The molecule has 4 N–H and O–H groups in total. The molecule has 0 heterocycles. The summed E-state index contributed by atoms with van der Waals surface area (Å²) in [5, 5.41) is 0. The number of hydrogen-bond acceptors (Lipinski definition) is 5. The Bertz CT molecular complexity index is 414. The fraction of sp³-hybridized carbons (Fsp3) is 0.143. The normalized spacial score (nSPS) is 11.5. The minimum Gasteiger partial charge on any atom is -0.398 e. The fourth-order valence-electron chi connectivity index (χ4n) is 0.910. The molecule has 5 nitrogen and oxygen atoms in total. The number of aryl methyl sites for hydroxylation is 1. The number of nitrogens with two attached hydrogens (primary N) is 2. The number of benzene rings is 1. The number of hydrogen-bond donors (Lipinski definition) is 2. The van der Waals surface area contributed by atoms with Crippen molar-refractivity contribution in [2.24, 2.45) is 5.90 Å². The molecule has 1 rings (SSSR count). The van der Waals surface area contributed by atoms with Crippen LogP contribution in [0.4, 0.5) is 5.69 Å². The van der Waals surface area contributed by atoms with Crippen molar-refractivity contribution in [1.82, 2.24) is 0 Å². The van der Waals surface area contributed by atoms with Crippen molar-refractivity contribution in [2.45, 2.75) is 11.8 Å². The molecule has 0 bridgehead atoms. The SMILES string of the molecule is Cc1ccc(N)c(S(=O)(=O)ON)c1. The topological polar surface area (TPSA) is 95.4 Å². The largest absolute Gasteiger partial charge is 0.398 e. The van der Waals surface area contributed by atoms with Crippen LogP contribution in [-0.2, 0) is 14.4 Å².